The maximum atomic E-state index is 14.2. The van der Waals surface area contributed by atoms with Gasteiger partial charge in [0.1, 0.15) is 10.7 Å². The Labute approximate surface area is 125 Å². The first-order valence-electron chi connectivity index (χ1n) is 7.45. The normalized spacial score (nSPS) is 19.2. The van der Waals surface area contributed by atoms with Gasteiger partial charge < -0.3 is 5.32 Å². The van der Waals surface area contributed by atoms with E-state index in [2.05, 4.69) is 5.32 Å². The fraction of sp³-hybridized carbons (Fsp3) is 0.600. The molecule has 0 unspecified atom stereocenters. The van der Waals surface area contributed by atoms with Crippen LogP contribution in [0.15, 0.2) is 23.1 Å². The van der Waals surface area contributed by atoms with Crippen molar-refractivity contribution in [2.24, 2.45) is 5.92 Å². The number of benzene rings is 1. The smallest absolute Gasteiger partial charge is 0.245 e. The van der Waals surface area contributed by atoms with Gasteiger partial charge in [-0.05, 0) is 49.3 Å². The summed E-state index contributed by atoms with van der Waals surface area (Å²) >= 11 is 0. The molecule has 2 fully saturated rings. The summed E-state index contributed by atoms with van der Waals surface area (Å²) in [7, 11) is -2.20. The van der Waals surface area contributed by atoms with Crippen LogP contribution in [0.2, 0.25) is 0 Å². The zero-order valence-electron chi connectivity index (χ0n) is 12.2. The van der Waals surface area contributed by atoms with Crippen LogP contribution in [0.5, 0.6) is 0 Å². The molecule has 0 aliphatic heterocycles. The molecular formula is C15H21FN2O2S. The van der Waals surface area contributed by atoms with Gasteiger partial charge >= 0.3 is 0 Å². The third-order valence-electron chi connectivity index (χ3n) is 4.07. The van der Waals surface area contributed by atoms with Crippen LogP contribution in [0.25, 0.3) is 0 Å². The fourth-order valence-electron chi connectivity index (χ4n) is 2.34. The maximum Gasteiger partial charge on any atom is 0.245 e. The molecule has 21 heavy (non-hydrogen) atoms. The molecule has 2 aliphatic rings. The Morgan fingerprint density at radius 2 is 2.00 bits per heavy atom. The van der Waals surface area contributed by atoms with E-state index in [4.69, 9.17) is 0 Å². The van der Waals surface area contributed by atoms with Crippen LogP contribution >= 0.6 is 0 Å². The lowest BCUT2D eigenvalue weighted by atomic mass is 10.2. The van der Waals surface area contributed by atoms with Crippen molar-refractivity contribution in [3.8, 4) is 0 Å². The van der Waals surface area contributed by atoms with Crippen LogP contribution in [0, 0.1) is 11.7 Å². The molecule has 0 aromatic heterocycles. The largest absolute Gasteiger partial charge is 0.310 e. The number of hydrogen-bond donors (Lipinski definition) is 1. The van der Waals surface area contributed by atoms with Crippen LogP contribution in [0.1, 0.15) is 31.2 Å². The number of halogens is 1. The van der Waals surface area contributed by atoms with Gasteiger partial charge in [-0.2, -0.15) is 0 Å². The Kier molecular flexibility index (Phi) is 4.03. The van der Waals surface area contributed by atoms with Crippen molar-refractivity contribution in [1.82, 2.24) is 9.62 Å². The van der Waals surface area contributed by atoms with E-state index in [0.29, 0.717) is 25.0 Å². The number of sulfonamides is 1. The molecule has 0 saturated heterocycles. The maximum absolute atomic E-state index is 14.2. The van der Waals surface area contributed by atoms with Crippen molar-refractivity contribution in [2.75, 3.05) is 13.6 Å². The van der Waals surface area contributed by atoms with Crippen molar-refractivity contribution < 1.29 is 12.8 Å². The monoisotopic (exact) mass is 312 g/mol. The Morgan fingerprint density at radius 1 is 1.29 bits per heavy atom. The summed E-state index contributed by atoms with van der Waals surface area (Å²) in [4.78, 5) is -0.221. The Hall–Kier alpha value is -0.980. The molecule has 0 spiro atoms. The lowest BCUT2D eigenvalue weighted by Gasteiger charge is -2.17. The highest BCUT2D eigenvalue weighted by Crippen LogP contribution is 2.31. The summed E-state index contributed by atoms with van der Waals surface area (Å²) in [5, 5.41) is 3.29. The van der Waals surface area contributed by atoms with Crippen LogP contribution in [-0.2, 0) is 16.6 Å². The van der Waals surface area contributed by atoms with Gasteiger partial charge in [0.2, 0.25) is 10.0 Å². The van der Waals surface area contributed by atoms with Crippen molar-refractivity contribution in [3.05, 3.63) is 29.6 Å². The number of rotatable bonds is 7. The molecule has 2 saturated carbocycles. The van der Waals surface area contributed by atoms with E-state index >= 15 is 0 Å². The van der Waals surface area contributed by atoms with Crippen LogP contribution < -0.4 is 5.32 Å². The molecule has 1 aromatic rings. The second-order valence-corrected chi connectivity index (χ2v) is 8.16. The fourth-order valence-corrected chi connectivity index (χ4v) is 3.63. The van der Waals surface area contributed by atoms with Gasteiger partial charge in [0.25, 0.3) is 0 Å². The van der Waals surface area contributed by atoms with Gasteiger partial charge in [-0.1, -0.05) is 6.07 Å². The van der Waals surface area contributed by atoms with E-state index in [1.54, 1.807) is 6.07 Å². The summed E-state index contributed by atoms with van der Waals surface area (Å²) in [6.07, 6.45) is 4.46. The molecule has 116 valence electrons. The molecule has 4 nitrogen and oxygen atoms in total. The number of nitrogens with one attached hydrogen (secondary N) is 1. The van der Waals surface area contributed by atoms with E-state index in [1.807, 2.05) is 0 Å². The van der Waals surface area contributed by atoms with Gasteiger partial charge in [-0.15, -0.1) is 0 Å². The molecule has 1 aromatic carbocycles. The first-order chi connectivity index (χ1) is 9.96. The highest BCUT2D eigenvalue weighted by molar-refractivity contribution is 7.89. The van der Waals surface area contributed by atoms with Crippen molar-refractivity contribution in [2.45, 2.75) is 43.2 Å². The second kappa shape index (κ2) is 5.66. The Bertz CT molecular complexity index is 625. The van der Waals surface area contributed by atoms with Crippen LogP contribution in [0.4, 0.5) is 4.39 Å². The van der Waals surface area contributed by atoms with Crippen molar-refractivity contribution >= 4 is 10.0 Å². The minimum absolute atomic E-state index is 0.221. The molecule has 6 heteroatoms. The SMILES string of the molecule is CN(CC1CC1)S(=O)(=O)c1ccc(CNC2CC2)cc1F. The van der Waals surface area contributed by atoms with Gasteiger partial charge in [0.15, 0.2) is 0 Å². The van der Waals surface area contributed by atoms with E-state index in [9.17, 15) is 12.8 Å². The van der Waals surface area contributed by atoms with Crippen molar-refractivity contribution in [1.29, 1.82) is 0 Å². The first kappa shape index (κ1) is 14.9. The third-order valence-corrected chi connectivity index (χ3v) is 5.93. The van der Waals surface area contributed by atoms with E-state index in [-0.39, 0.29) is 4.90 Å². The molecule has 0 heterocycles. The molecular weight excluding hydrogens is 291 g/mol. The topological polar surface area (TPSA) is 49.4 Å². The summed E-state index contributed by atoms with van der Waals surface area (Å²) in [6, 6.07) is 4.95. The summed E-state index contributed by atoms with van der Waals surface area (Å²) < 4.78 is 40.2. The third kappa shape index (κ3) is 3.62. The number of hydrogen-bond acceptors (Lipinski definition) is 3. The van der Waals surface area contributed by atoms with Gasteiger partial charge in [0.05, 0.1) is 0 Å². The quantitative estimate of drug-likeness (QED) is 0.839. The number of nitrogens with zero attached hydrogens (tertiary/aromatic N) is 1. The predicted molar refractivity (Wildman–Crippen MR) is 78.8 cm³/mol. The lowest BCUT2D eigenvalue weighted by Crippen LogP contribution is -2.29. The van der Waals surface area contributed by atoms with Crippen molar-refractivity contribution in [3.63, 3.8) is 0 Å². The minimum atomic E-state index is -3.72. The highest BCUT2D eigenvalue weighted by atomic mass is 32.2. The van der Waals surface area contributed by atoms with Gasteiger partial charge in [-0.3, -0.25) is 0 Å². The summed E-state index contributed by atoms with van der Waals surface area (Å²) in [5.74, 6) is -0.220. The molecule has 3 rings (SSSR count). The highest BCUT2D eigenvalue weighted by Gasteiger charge is 2.30. The van der Waals surface area contributed by atoms with Crippen LogP contribution in [0.3, 0.4) is 0 Å². The van der Waals surface area contributed by atoms with Gasteiger partial charge in [-0.25, -0.2) is 17.1 Å². The predicted octanol–water partition coefficient (Wildman–Crippen LogP) is 2.11. The minimum Gasteiger partial charge on any atom is -0.310 e. The lowest BCUT2D eigenvalue weighted by molar-refractivity contribution is 0.447. The van der Waals surface area contributed by atoms with E-state index in [1.165, 1.54) is 36.3 Å². The molecule has 0 amide bonds. The average Bonchev–Trinajstić information content (AvgIpc) is 3.31. The van der Waals surface area contributed by atoms with E-state index < -0.39 is 15.8 Å². The Morgan fingerprint density at radius 3 is 2.57 bits per heavy atom. The van der Waals surface area contributed by atoms with Crippen LogP contribution in [-0.4, -0.2) is 32.4 Å². The average molecular weight is 312 g/mol. The summed E-state index contributed by atoms with van der Waals surface area (Å²) in [5.41, 5.74) is 0.781. The zero-order chi connectivity index (χ0) is 15.0. The molecule has 0 bridgehead atoms. The van der Waals surface area contributed by atoms with Gasteiger partial charge in [0, 0.05) is 26.2 Å². The standard InChI is InChI=1S/C15H21FN2O2S/c1-18(10-11-2-3-11)21(19,20)15-7-4-12(8-14(15)16)9-17-13-5-6-13/h4,7-8,11,13,17H,2-3,5-6,9-10H2,1H3. The van der Waals surface area contributed by atoms with E-state index in [0.717, 1.165) is 18.4 Å². The Balaban J connectivity index is 1.73. The zero-order valence-corrected chi connectivity index (χ0v) is 13.0. The first-order valence-corrected chi connectivity index (χ1v) is 8.89. The molecule has 1 N–H and O–H groups in total. The molecule has 2 aliphatic carbocycles. The molecule has 0 atom stereocenters. The summed E-state index contributed by atoms with van der Waals surface area (Å²) in [6.45, 7) is 1.06. The molecule has 0 radical (unpaired) electrons. The second-order valence-electron chi connectivity index (χ2n) is 6.15.